The molecule has 0 spiro atoms. The van der Waals surface area contributed by atoms with E-state index in [0.29, 0.717) is 22.8 Å². The lowest BCUT2D eigenvalue weighted by Crippen LogP contribution is -2.41. The van der Waals surface area contributed by atoms with Gasteiger partial charge in [0.2, 0.25) is 0 Å². The van der Waals surface area contributed by atoms with Crippen molar-refractivity contribution in [3.05, 3.63) is 28.5 Å². The fraction of sp³-hybridized carbons (Fsp3) is 0.462. The molecule has 1 N–H and O–H groups in total. The molecule has 1 aromatic heterocycles. The van der Waals surface area contributed by atoms with E-state index in [4.69, 9.17) is 0 Å². The summed E-state index contributed by atoms with van der Waals surface area (Å²) in [6, 6.07) is 2.66. The zero-order valence-electron chi connectivity index (χ0n) is 10.6. The summed E-state index contributed by atoms with van der Waals surface area (Å²) < 4.78 is 41.1. The number of alkyl halides is 3. The highest BCUT2D eigenvalue weighted by molar-refractivity contribution is 9.10. The van der Waals surface area contributed by atoms with Gasteiger partial charge < -0.3 is 9.67 Å². The van der Waals surface area contributed by atoms with Crippen molar-refractivity contribution < 1.29 is 18.3 Å². The van der Waals surface area contributed by atoms with Crippen LogP contribution in [-0.2, 0) is 6.18 Å². The molecule has 1 aliphatic carbocycles. The minimum Gasteiger partial charge on any atom is -0.390 e. The van der Waals surface area contributed by atoms with Gasteiger partial charge in [0.05, 0.1) is 23.0 Å². The predicted molar refractivity (Wildman–Crippen MR) is 71.3 cm³/mol. The van der Waals surface area contributed by atoms with Gasteiger partial charge >= 0.3 is 6.18 Å². The van der Waals surface area contributed by atoms with E-state index in [1.54, 1.807) is 17.6 Å². The van der Waals surface area contributed by atoms with Gasteiger partial charge in [-0.25, -0.2) is 4.98 Å². The first-order valence-corrected chi connectivity index (χ1v) is 6.92. The SMILES string of the molecule is CC1(O)CC(n2cnc3c(C(F)(F)F)cc(Br)cc32)C1. The smallest absolute Gasteiger partial charge is 0.390 e. The van der Waals surface area contributed by atoms with Crippen molar-refractivity contribution in [2.45, 2.75) is 37.6 Å². The molecule has 3 rings (SSSR count). The fourth-order valence-electron chi connectivity index (χ4n) is 2.76. The van der Waals surface area contributed by atoms with E-state index in [0.717, 1.165) is 6.07 Å². The highest BCUT2D eigenvalue weighted by atomic mass is 79.9. The standard InChI is InChI=1S/C13H12BrF3N2O/c1-12(20)4-8(5-12)19-6-18-11-9(13(15,16)17)2-7(14)3-10(11)19/h2-3,6,8,20H,4-5H2,1H3. The molecule has 108 valence electrons. The van der Waals surface area contributed by atoms with Gasteiger partial charge in [0.1, 0.15) is 5.52 Å². The van der Waals surface area contributed by atoms with Crippen LogP contribution >= 0.6 is 15.9 Å². The first kappa shape index (κ1) is 13.9. The average molecular weight is 349 g/mol. The van der Waals surface area contributed by atoms with Gasteiger partial charge in [0.15, 0.2) is 0 Å². The molecule has 0 saturated heterocycles. The third-order valence-corrected chi connectivity index (χ3v) is 4.15. The van der Waals surface area contributed by atoms with Crippen LogP contribution in [0.3, 0.4) is 0 Å². The number of hydrogen-bond donors (Lipinski definition) is 1. The van der Waals surface area contributed by atoms with Crippen molar-refractivity contribution in [1.82, 2.24) is 9.55 Å². The maximum Gasteiger partial charge on any atom is 0.418 e. The zero-order valence-corrected chi connectivity index (χ0v) is 12.2. The number of halogens is 4. The summed E-state index contributed by atoms with van der Waals surface area (Å²) in [5, 5.41) is 9.77. The summed E-state index contributed by atoms with van der Waals surface area (Å²) in [5.74, 6) is 0. The molecule has 1 aromatic carbocycles. The number of aromatic nitrogens is 2. The Morgan fingerprint density at radius 3 is 2.60 bits per heavy atom. The van der Waals surface area contributed by atoms with Crippen molar-refractivity contribution in [2.75, 3.05) is 0 Å². The van der Waals surface area contributed by atoms with Crippen LogP contribution in [-0.4, -0.2) is 20.3 Å². The van der Waals surface area contributed by atoms with Crippen LogP contribution in [0.1, 0.15) is 31.4 Å². The van der Waals surface area contributed by atoms with Gasteiger partial charge in [-0.15, -0.1) is 0 Å². The number of rotatable bonds is 1. The van der Waals surface area contributed by atoms with E-state index in [9.17, 15) is 18.3 Å². The van der Waals surface area contributed by atoms with Crippen molar-refractivity contribution >= 4 is 27.0 Å². The summed E-state index contributed by atoms with van der Waals surface area (Å²) in [4.78, 5) is 3.92. The van der Waals surface area contributed by atoms with E-state index < -0.39 is 17.3 Å². The number of benzene rings is 1. The third-order valence-electron chi connectivity index (χ3n) is 3.69. The van der Waals surface area contributed by atoms with E-state index in [2.05, 4.69) is 20.9 Å². The molecule has 7 heteroatoms. The largest absolute Gasteiger partial charge is 0.418 e. The van der Waals surface area contributed by atoms with E-state index in [1.165, 1.54) is 6.33 Å². The van der Waals surface area contributed by atoms with Crippen LogP contribution in [0.15, 0.2) is 22.9 Å². The molecular weight excluding hydrogens is 337 g/mol. The Bertz CT molecular complexity index is 670. The molecular formula is C13H12BrF3N2O. The Hall–Kier alpha value is -1.08. The van der Waals surface area contributed by atoms with Crippen LogP contribution in [0.2, 0.25) is 0 Å². The van der Waals surface area contributed by atoms with Crippen molar-refractivity contribution in [2.24, 2.45) is 0 Å². The van der Waals surface area contributed by atoms with Crippen LogP contribution in [0.25, 0.3) is 11.0 Å². The molecule has 0 unspecified atom stereocenters. The molecule has 2 aromatic rings. The maximum absolute atomic E-state index is 13.0. The normalized spacial score (nSPS) is 26.8. The van der Waals surface area contributed by atoms with Crippen LogP contribution in [0.5, 0.6) is 0 Å². The summed E-state index contributed by atoms with van der Waals surface area (Å²) >= 11 is 3.12. The average Bonchev–Trinajstić information content (AvgIpc) is 2.66. The van der Waals surface area contributed by atoms with E-state index in [1.807, 2.05) is 0 Å². The number of imidazole rings is 1. The third kappa shape index (κ3) is 2.22. The van der Waals surface area contributed by atoms with Gasteiger partial charge in [-0.05, 0) is 31.9 Å². The van der Waals surface area contributed by atoms with Crippen LogP contribution in [0.4, 0.5) is 13.2 Å². The Kier molecular flexibility index (Phi) is 2.92. The first-order chi connectivity index (χ1) is 9.17. The Morgan fingerprint density at radius 2 is 2.05 bits per heavy atom. The van der Waals surface area contributed by atoms with Crippen LogP contribution < -0.4 is 0 Å². The van der Waals surface area contributed by atoms with Crippen molar-refractivity contribution in [3.63, 3.8) is 0 Å². The number of hydrogen-bond acceptors (Lipinski definition) is 2. The van der Waals surface area contributed by atoms with Gasteiger partial charge in [-0.3, -0.25) is 0 Å². The van der Waals surface area contributed by atoms with Crippen molar-refractivity contribution in [3.8, 4) is 0 Å². The monoisotopic (exact) mass is 348 g/mol. The topological polar surface area (TPSA) is 38.0 Å². The quantitative estimate of drug-likeness (QED) is 0.848. The molecule has 0 atom stereocenters. The lowest BCUT2D eigenvalue weighted by molar-refractivity contribution is -0.136. The van der Waals surface area contributed by atoms with Gasteiger partial charge in [-0.1, -0.05) is 15.9 Å². The molecule has 1 aliphatic rings. The second-order valence-corrected chi connectivity index (χ2v) is 6.45. The van der Waals surface area contributed by atoms with E-state index in [-0.39, 0.29) is 11.6 Å². The lowest BCUT2D eigenvalue weighted by atomic mass is 9.77. The highest BCUT2D eigenvalue weighted by Crippen LogP contribution is 2.44. The number of fused-ring (bicyclic) bond motifs is 1. The molecule has 0 radical (unpaired) electrons. The first-order valence-electron chi connectivity index (χ1n) is 6.13. The summed E-state index contributed by atoms with van der Waals surface area (Å²) in [5.41, 5.74) is -1.09. The van der Waals surface area contributed by atoms with E-state index >= 15 is 0 Å². The number of nitrogens with zero attached hydrogens (tertiary/aromatic N) is 2. The van der Waals surface area contributed by atoms with Crippen LogP contribution in [0, 0.1) is 0 Å². The van der Waals surface area contributed by atoms with Crippen molar-refractivity contribution in [1.29, 1.82) is 0 Å². The molecule has 1 fully saturated rings. The summed E-state index contributed by atoms with van der Waals surface area (Å²) in [6.07, 6.45) is -1.97. The minimum absolute atomic E-state index is 0.00890. The molecule has 1 saturated carbocycles. The highest BCUT2D eigenvalue weighted by Gasteiger charge is 2.41. The van der Waals surface area contributed by atoms with Gasteiger partial charge in [-0.2, -0.15) is 13.2 Å². The second-order valence-electron chi connectivity index (χ2n) is 5.53. The zero-order chi connectivity index (χ0) is 14.7. The summed E-state index contributed by atoms with van der Waals surface area (Å²) in [7, 11) is 0. The fourth-order valence-corrected chi connectivity index (χ4v) is 3.20. The van der Waals surface area contributed by atoms with Gasteiger partial charge in [0.25, 0.3) is 0 Å². The summed E-state index contributed by atoms with van der Waals surface area (Å²) in [6.45, 7) is 1.72. The lowest BCUT2D eigenvalue weighted by Gasteiger charge is -2.41. The molecule has 1 heterocycles. The second kappa shape index (κ2) is 4.21. The maximum atomic E-state index is 13.0. The number of aliphatic hydroxyl groups is 1. The Balaban J connectivity index is 2.12. The Labute approximate surface area is 121 Å². The molecule has 3 nitrogen and oxygen atoms in total. The van der Waals surface area contributed by atoms with Gasteiger partial charge in [0, 0.05) is 10.5 Å². The molecule has 0 amide bonds. The minimum atomic E-state index is -4.44. The molecule has 20 heavy (non-hydrogen) atoms. The predicted octanol–water partition coefficient (Wildman–Crippen LogP) is 3.90. The molecule has 0 bridgehead atoms. The molecule has 0 aliphatic heterocycles. The Morgan fingerprint density at radius 1 is 1.40 bits per heavy atom.